The van der Waals surface area contributed by atoms with Gasteiger partial charge in [0.25, 0.3) is 5.91 Å². The molecule has 0 saturated heterocycles. The fourth-order valence-corrected chi connectivity index (χ4v) is 4.19. The van der Waals surface area contributed by atoms with Gasteiger partial charge in [-0.15, -0.1) is 0 Å². The molecule has 0 aliphatic heterocycles. The van der Waals surface area contributed by atoms with Crippen LogP contribution < -0.4 is 11.1 Å². The number of hydrogen-bond donors (Lipinski definition) is 3. The van der Waals surface area contributed by atoms with Gasteiger partial charge in [0.15, 0.2) is 0 Å². The smallest absolute Gasteiger partial charge is 0.407 e. The van der Waals surface area contributed by atoms with Crippen molar-refractivity contribution in [2.45, 2.75) is 32.0 Å². The summed E-state index contributed by atoms with van der Waals surface area (Å²) in [4.78, 5) is 44.2. The van der Waals surface area contributed by atoms with Crippen LogP contribution in [0.4, 0.5) is 4.79 Å². The second-order valence-corrected chi connectivity index (χ2v) is 9.07. The minimum atomic E-state index is -0.945. The molecule has 0 spiro atoms. The predicted molar refractivity (Wildman–Crippen MR) is 147 cm³/mol. The Bertz CT molecular complexity index is 1430. The molecule has 0 unspecified atom stereocenters. The highest BCUT2D eigenvalue weighted by molar-refractivity contribution is 5.99. The lowest BCUT2D eigenvalue weighted by molar-refractivity contribution is -0.122. The number of nitrogens with zero attached hydrogens (tertiary/aromatic N) is 2. The molecule has 9 nitrogen and oxygen atoms in total. The summed E-state index contributed by atoms with van der Waals surface area (Å²) in [5, 5.41) is 13.1. The zero-order valence-corrected chi connectivity index (χ0v) is 21.3. The lowest BCUT2D eigenvalue weighted by atomic mass is 10.0. The van der Waals surface area contributed by atoms with E-state index in [2.05, 4.69) is 10.3 Å². The van der Waals surface area contributed by atoms with Crippen molar-refractivity contribution in [3.8, 4) is 5.75 Å². The number of carbonyl (C=O) groups excluding carboxylic acids is 3. The highest BCUT2D eigenvalue weighted by Crippen LogP contribution is 2.20. The van der Waals surface area contributed by atoms with E-state index in [1.54, 1.807) is 18.2 Å². The molecule has 0 radical (unpaired) electrons. The molecular formula is C30H30N4O5. The van der Waals surface area contributed by atoms with Crippen molar-refractivity contribution in [3.05, 3.63) is 108 Å². The number of alkyl carbamates (subject to hydrolysis) is 1. The fraction of sp³-hybridized carbons (Fsp3) is 0.200. The Hall–Kier alpha value is -4.92. The number of ether oxygens (including phenoxy) is 1. The lowest BCUT2D eigenvalue weighted by Crippen LogP contribution is -2.48. The number of primary amides is 1. The lowest BCUT2D eigenvalue weighted by Gasteiger charge is -2.30. The molecule has 0 fully saturated rings. The second kappa shape index (κ2) is 13.0. The van der Waals surface area contributed by atoms with Crippen LogP contribution in [-0.2, 0) is 22.7 Å². The molecule has 0 aliphatic rings. The van der Waals surface area contributed by atoms with Crippen molar-refractivity contribution in [2.75, 3.05) is 6.54 Å². The number of phenols is 1. The van der Waals surface area contributed by atoms with Crippen molar-refractivity contribution in [3.63, 3.8) is 0 Å². The van der Waals surface area contributed by atoms with Crippen molar-refractivity contribution >= 4 is 28.8 Å². The summed E-state index contributed by atoms with van der Waals surface area (Å²) < 4.78 is 5.22. The maximum atomic E-state index is 13.7. The number of nitrogens with two attached hydrogens (primary N) is 1. The number of rotatable bonds is 11. The first-order valence-corrected chi connectivity index (χ1v) is 12.6. The number of hydrogen-bond acceptors (Lipinski definition) is 6. The Labute approximate surface area is 226 Å². The van der Waals surface area contributed by atoms with Gasteiger partial charge in [0.2, 0.25) is 5.91 Å². The first kappa shape index (κ1) is 27.1. The van der Waals surface area contributed by atoms with Gasteiger partial charge in [-0.1, -0.05) is 60.7 Å². The first-order valence-electron chi connectivity index (χ1n) is 12.6. The van der Waals surface area contributed by atoms with E-state index >= 15 is 0 Å². The molecule has 3 amide bonds. The quantitative estimate of drug-likeness (QED) is 0.251. The number of carbonyl (C=O) groups is 3. The number of aromatic nitrogens is 1. The Balaban J connectivity index is 1.45. The summed E-state index contributed by atoms with van der Waals surface area (Å²) in [5.41, 5.74) is 8.42. The number of pyridine rings is 1. The van der Waals surface area contributed by atoms with Gasteiger partial charge in [-0.2, -0.15) is 0 Å². The Morgan fingerprint density at radius 3 is 2.41 bits per heavy atom. The average Bonchev–Trinajstić information content (AvgIpc) is 2.96. The third-order valence-corrected chi connectivity index (χ3v) is 6.23. The topological polar surface area (TPSA) is 135 Å². The first-order chi connectivity index (χ1) is 18.9. The van der Waals surface area contributed by atoms with E-state index in [9.17, 15) is 19.5 Å². The number of phenolic OH excluding ortho intramolecular Hbond substituents is 1. The van der Waals surface area contributed by atoms with E-state index in [0.29, 0.717) is 17.5 Å². The standard InChI is InChI=1S/C30H30N4O5/c31-28(36)27(11-6-16-32-30(38)39-20-22-7-2-1-3-8-22)34(19-21-12-14-25(35)15-13-21)29(37)24-17-23-9-4-5-10-26(23)33-18-24/h1-5,7-10,12-15,17-18,27,35H,6,11,16,19-20H2,(H2,31,36)(H,32,38)/t27-/m1/s1. The van der Waals surface area contributed by atoms with Crippen LogP contribution in [0.3, 0.4) is 0 Å². The van der Waals surface area contributed by atoms with E-state index in [1.165, 1.54) is 23.2 Å². The Morgan fingerprint density at radius 2 is 1.67 bits per heavy atom. The Kier molecular flexibility index (Phi) is 9.07. The van der Waals surface area contributed by atoms with Crippen LogP contribution in [0, 0.1) is 0 Å². The van der Waals surface area contributed by atoms with Gasteiger partial charge in [0.1, 0.15) is 18.4 Å². The zero-order valence-electron chi connectivity index (χ0n) is 21.3. The maximum absolute atomic E-state index is 13.7. The molecule has 4 aromatic rings. The van der Waals surface area contributed by atoms with E-state index < -0.39 is 23.9 Å². The van der Waals surface area contributed by atoms with Crippen LogP contribution in [-0.4, -0.2) is 45.5 Å². The summed E-state index contributed by atoms with van der Waals surface area (Å²) >= 11 is 0. The minimum Gasteiger partial charge on any atom is -0.508 e. The van der Waals surface area contributed by atoms with E-state index in [1.807, 2.05) is 54.6 Å². The number of benzene rings is 3. The predicted octanol–water partition coefficient (Wildman–Crippen LogP) is 4.14. The van der Waals surface area contributed by atoms with Gasteiger partial charge in [0.05, 0.1) is 11.1 Å². The number of para-hydroxylation sites is 1. The SMILES string of the molecule is NC(=O)[C@@H](CCCNC(=O)OCc1ccccc1)N(Cc1ccc(O)cc1)C(=O)c1cnc2ccccc2c1. The van der Waals surface area contributed by atoms with Gasteiger partial charge < -0.3 is 25.8 Å². The molecule has 1 atom stereocenters. The third-order valence-electron chi connectivity index (χ3n) is 6.23. The van der Waals surface area contributed by atoms with Gasteiger partial charge in [-0.25, -0.2) is 4.79 Å². The van der Waals surface area contributed by atoms with Gasteiger partial charge in [0, 0.05) is 24.7 Å². The molecule has 0 saturated carbocycles. The summed E-state index contributed by atoms with van der Waals surface area (Å²) in [5.74, 6) is -0.977. The highest BCUT2D eigenvalue weighted by Gasteiger charge is 2.29. The van der Waals surface area contributed by atoms with E-state index in [-0.39, 0.29) is 31.9 Å². The summed E-state index contributed by atoms with van der Waals surface area (Å²) in [7, 11) is 0. The molecule has 1 aromatic heterocycles. The minimum absolute atomic E-state index is 0.0894. The molecule has 0 aliphatic carbocycles. The Morgan fingerprint density at radius 1 is 0.949 bits per heavy atom. The number of nitrogens with one attached hydrogen (secondary N) is 1. The second-order valence-electron chi connectivity index (χ2n) is 9.07. The van der Waals surface area contributed by atoms with E-state index in [0.717, 1.165) is 16.5 Å². The van der Waals surface area contributed by atoms with E-state index in [4.69, 9.17) is 10.5 Å². The number of fused-ring (bicyclic) bond motifs is 1. The fourth-order valence-electron chi connectivity index (χ4n) is 4.19. The summed E-state index contributed by atoms with van der Waals surface area (Å²) in [6.45, 7) is 0.466. The van der Waals surface area contributed by atoms with Crippen molar-refractivity contribution in [1.29, 1.82) is 0 Å². The molecule has 3 aromatic carbocycles. The van der Waals surface area contributed by atoms with Crippen LogP contribution >= 0.6 is 0 Å². The molecule has 200 valence electrons. The number of aromatic hydroxyl groups is 1. The van der Waals surface area contributed by atoms with Crippen molar-refractivity contribution in [2.24, 2.45) is 5.73 Å². The van der Waals surface area contributed by atoms with Crippen molar-refractivity contribution in [1.82, 2.24) is 15.2 Å². The molecule has 9 heteroatoms. The monoisotopic (exact) mass is 526 g/mol. The molecule has 0 bridgehead atoms. The van der Waals surface area contributed by atoms with Crippen LogP contribution in [0.5, 0.6) is 5.75 Å². The molecule has 4 rings (SSSR count). The third kappa shape index (κ3) is 7.54. The van der Waals surface area contributed by atoms with Crippen LogP contribution in [0.2, 0.25) is 0 Å². The van der Waals surface area contributed by atoms with Crippen LogP contribution in [0.1, 0.15) is 34.3 Å². The normalized spacial score (nSPS) is 11.5. The van der Waals surface area contributed by atoms with Crippen LogP contribution in [0.25, 0.3) is 10.9 Å². The number of amides is 3. The molecule has 39 heavy (non-hydrogen) atoms. The van der Waals surface area contributed by atoms with Gasteiger partial charge in [-0.05, 0) is 48.2 Å². The molecular weight excluding hydrogens is 496 g/mol. The average molecular weight is 527 g/mol. The largest absolute Gasteiger partial charge is 0.508 e. The van der Waals surface area contributed by atoms with Crippen molar-refractivity contribution < 1.29 is 24.2 Å². The summed E-state index contributed by atoms with van der Waals surface area (Å²) in [6, 6.07) is 23.9. The molecule has 4 N–H and O–H groups in total. The maximum Gasteiger partial charge on any atom is 0.407 e. The summed E-state index contributed by atoms with van der Waals surface area (Å²) in [6.07, 6.45) is 1.51. The zero-order chi connectivity index (χ0) is 27.6. The van der Waals surface area contributed by atoms with Gasteiger partial charge >= 0.3 is 6.09 Å². The van der Waals surface area contributed by atoms with Crippen LogP contribution in [0.15, 0.2) is 91.1 Å². The highest BCUT2D eigenvalue weighted by atomic mass is 16.5. The van der Waals surface area contributed by atoms with Gasteiger partial charge in [-0.3, -0.25) is 14.6 Å². The molecule has 1 heterocycles.